The van der Waals surface area contributed by atoms with Crippen molar-refractivity contribution in [3.8, 4) is 0 Å². The van der Waals surface area contributed by atoms with E-state index in [4.69, 9.17) is 0 Å². The Hall–Kier alpha value is -2.87. The minimum absolute atomic E-state index is 0.0672. The summed E-state index contributed by atoms with van der Waals surface area (Å²) in [6.07, 6.45) is -0.690. The van der Waals surface area contributed by atoms with E-state index in [-0.39, 0.29) is 30.1 Å². The first kappa shape index (κ1) is 24.8. The van der Waals surface area contributed by atoms with Gasteiger partial charge in [0.15, 0.2) is 0 Å². The Morgan fingerprint density at radius 2 is 1.73 bits per heavy atom. The van der Waals surface area contributed by atoms with Crippen molar-refractivity contribution in [1.29, 1.82) is 0 Å². The molecule has 2 amide bonds. The molecular weight excluding hydrogens is 431 g/mol. The first-order valence-corrected chi connectivity index (χ1v) is 11.2. The van der Waals surface area contributed by atoms with Crippen LogP contribution in [0.4, 0.5) is 13.2 Å². The van der Waals surface area contributed by atoms with Crippen LogP contribution >= 0.6 is 0 Å². The van der Waals surface area contributed by atoms with E-state index >= 15 is 0 Å². The molecular formula is C25H30F3N3O2. The van der Waals surface area contributed by atoms with Crippen LogP contribution in [-0.2, 0) is 17.5 Å². The summed E-state index contributed by atoms with van der Waals surface area (Å²) in [6.45, 7) is 4.55. The van der Waals surface area contributed by atoms with E-state index in [0.717, 1.165) is 37.8 Å². The van der Waals surface area contributed by atoms with Crippen LogP contribution in [0.2, 0.25) is 0 Å². The van der Waals surface area contributed by atoms with Gasteiger partial charge in [0.05, 0.1) is 12.1 Å². The molecule has 33 heavy (non-hydrogen) atoms. The topological polar surface area (TPSA) is 70.2 Å². The molecule has 1 saturated carbocycles. The molecule has 8 heteroatoms. The van der Waals surface area contributed by atoms with Gasteiger partial charge in [0, 0.05) is 24.2 Å². The molecule has 0 spiro atoms. The number of aryl methyl sites for hydroxylation is 2. The molecule has 2 atom stereocenters. The van der Waals surface area contributed by atoms with Crippen LogP contribution < -0.4 is 16.0 Å². The van der Waals surface area contributed by atoms with E-state index < -0.39 is 17.6 Å². The lowest BCUT2D eigenvalue weighted by molar-refractivity contribution is -0.137. The van der Waals surface area contributed by atoms with Gasteiger partial charge in [0.2, 0.25) is 5.91 Å². The smallest absolute Gasteiger partial charge is 0.350 e. The molecule has 1 fully saturated rings. The number of halogens is 3. The summed E-state index contributed by atoms with van der Waals surface area (Å²) in [5.74, 6) is -1.08. The Bertz CT molecular complexity index is 991. The highest BCUT2D eigenvalue weighted by molar-refractivity contribution is 5.96. The van der Waals surface area contributed by atoms with Crippen molar-refractivity contribution >= 4 is 11.8 Å². The third-order valence-corrected chi connectivity index (χ3v) is 6.03. The predicted molar refractivity (Wildman–Crippen MR) is 121 cm³/mol. The van der Waals surface area contributed by atoms with Crippen LogP contribution in [0.5, 0.6) is 0 Å². The first-order valence-electron chi connectivity index (χ1n) is 11.2. The Morgan fingerprint density at radius 1 is 1.00 bits per heavy atom. The Kier molecular flexibility index (Phi) is 8.13. The number of alkyl halides is 3. The largest absolute Gasteiger partial charge is 0.416 e. The van der Waals surface area contributed by atoms with E-state index in [1.54, 1.807) is 0 Å². The summed E-state index contributed by atoms with van der Waals surface area (Å²) >= 11 is 0. The highest BCUT2D eigenvalue weighted by Crippen LogP contribution is 2.29. The maximum absolute atomic E-state index is 12.9. The van der Waals surface area contributed by atoms with Gasteiger partial charge < -0.3 is 16.0 Å². The van der Waals surface area contributed by atoms with E-state index in [1.807, 2.05) is 0 Å². The quantitative estimate of drug-likeness (QED) is 0.577. The van der Waals surface area contributed by atoms with Gasteiger partial charge in [0.1, 0.15) is 0 Å². The van der Waals surface area contributed by atoms with Crippen LogP contribution in [0.15, 0.2) is 42.5 Å². The molecule has 0 saturated heterocycles. The Balaban J connectivity index is 1.52. The SMILES string of the molecule is Cc1ccc(CN[C@H]2CCCC[C@H]2NC(=O)CNC(=O)c2cccc(C(F)(F)F)c2)c(C)c1. The molecule has 0 heterocycles. The number of nitrogens with one attached hydrogen (secondary N) is 3. The number of hydrogen-bond donors (Lipinski definition) is 3. The molecule has 1 aliphatic rings. The van der Waals surface area contributed by atoms with Crippen molar-refractivity contribution < 1.29 is 22.8 Å². The summed E-state index contributed by atoms with van der Waals surface area (Å²) < 4.78 is 38.6. The zero-order valence-electron chi connectivity index (χ0n) is 18.9. The number of hydrogen-bond acceptors (Lipinski definition) is 3. The van der Waals surface area contributed by atoms with Crippen LogP contribution in [0.25, 0.3) is 0 Å². The normalized spacial score (nSPS) is 18.6. The van der Waals surface area contributed by atoms with Crippen LogP contribution in [0.3, 0.4) is 0 Å². The summed E-state index contributed by atoms with van der Waals surface area (Å²) in [6, 6.07) is 10.5. The molecule has 0 unspecified atom stereocenters. The van der Waals surface area contributed by atoms with Crippen molar-refractivity contribution in [2.24, 2.45) is 0 Å². The second-order valence-corrected chi connectivity index (χ2v) is 8.64. The third-order valence-electron chi connectivity index (χ3n) is 6.03. The molecule has 178 valence electrons. The zero-order chi connectivity index (χ0) is 24.0. The van der Waals surface area contributed by atoms with Gasteiger partial charge in [-0.15, -0.1) is 0 Å². The van der Waals surface area contributed by atoms with Gasteiger partial charge in [-0.2, -0.15) is 13.2 Å². The molecule has 1 aliphatic carbocycles. The molecule has 2 aromatic rings. The monoisotopic (exact) mass is 461 g/mol. The first-order chi connectivity index (χ1) is 15.6. The molecule has 0 aromatic heterocycles. The minimum Gasteiger partial charge on any atom is -0.350 e. The number of rotatable bonds is 7. The van der Waals surface area contributed by atoms with E-state index in [1.165, 1.54) is 28.8 Å². The summed E-state index contributed by atoms with van der Waals surface area (Å²) in [4.78, 5) is 24.7. The van der Waals surface area contributed by atoms with Gasteiger partial charge in [-0.1, -0.05) is 42.7 Å². The second kappa shape index (κ2) is 10.8. The summed E-state index contributed by atoms with van der Waals surface area (Å²) in [7, 11) is 0. The zero-order valence-corrected chi connectivity index (χ0v) is 18.9. The summed E-state index contributed by atoms with van der Waals surface area (Å²) in [5, 5.41) is 8.95. The number of benzene rings is 2. The minimum atomic E-state index is -4.53. The fourth-order valence-electron chi connectivity index (χ4n) is 4.19. The molecule has 3 rings (SSSR count). The molecule has 3 N–H and O–H groups in total. The molecule has 0 aliphatic heterocycles. The lowest BCUT2D eigenvalue weighted by atomic mass is 9.90. The van der Waals surface area contributed by atoms with Gasteiger partial charge >= 0.3 is 6.18 Å². The van der Waals surface area contributed by atoms with Crippen molar-refractivity contribution in [2.45, 2.75) is 64.3 Å². The lowest BCUT2D eigenvalue weighted by Gasteiger charge is -2.33. The second-order valence-electron chi connectivity index (χ2n) is 8.64. The lowest BCUT2D eigenvalue weighted by Crippen LogP contribution is -2.53. The number of carbonyl (C=O) groups is 2. The fourth-order valence-corrected chi connectivity index (χ4v) is 4.19. The van der Waals surface area contributed by atoms with E-state index in [9.17, 15) is 22.8 Å². The maximum Gasteiger partial charge on any atom is 0.416 e. The van der Waals surface area contributed by atoms with Crippen molar-refractivity contribution in [1.82, 2.24) is 16.0 Å². The summed E-state index contributed by atoms with van der Waals surface area (Å²) in [5.41, 5.74) is 2.61. The molecule has 2 aromatic carbocycles. The Labute approximate surface area is 192 Å². The third kappa shape index (κ3) is 7.05. The highest BCUT2D eigenvalue weighted by atomic mass is 19.4. The van der Waals surface area contributed by atoms with Crippen LogP contribution in [-0.4, -0.2) is 30.4 Å². The van der Waals surface area contributed by atoms with E-state index in [0.29, 0.717) is 6.54 Å². The fraction of sp³-hybridized carbons (Fsp3) is 0.440. The number of amides is 2. The van der Waals surface area contributed by atoms with Gasteiger partial charge in [-0.3, -0.25) is 9.59 Å². The Morgan fingerprint density at radius 3 is 2.42 bits per heavy atom. The number of carbonyl (C=O) groups excluding carboxylic acids is 2. The van der Waals surface area contributed by atoms with Crippen LogP contribution in [0.1, 0.15) is 58.3 Å². The molecule has 0 radical (unpaired) electrons. The van der Waals surface area contributed by atoms with Crippen LogP contribution in [0, 0.1) is 13.8 Å². The maximum atomic E-state index is 12.9. The van der Waals surface area contributed by atoms with Crippen molar-refractivity contribution in [3.05, 3.63) is 70.3 Å². The molecule has 5 nitrogen and oxygen atoms in total. The average molecular weight is 462 g/mol. The average Bonchev–Trinajstić information content (AvgIpc) is 2.77. The standard InChI is InChI=1S/C25H30F3N3O2/c1-16-10-11-19(17(2)12-16)14-29-21-8-3-4-9-22(21)31-23(32)15-30-24(33)18-6-5-7-20(13-18)25(26,27)28/h5-7,10-13,21-22,29H,3-4,8-9,14-15H2,1-2H3,(H,30,33)(H,31,32)/t21-,22+/m0/s1. The predicted octanol–water partition coefficient (Wildman–Crippen LogP) is 4.27. The van der Waals surface area contributed by atoms with Crippen molar-refractivity contribution in [3.63, 3.8) is 0 Å². The van der Waals surface area contributed by atoms with Gasteiger partial charge in [-0.25, -0.2) is 0 Å². The van der Waals surface area contributed by atoms with Crippen molar-refractivity contribution in [2.75, 3.05) is 6.54 Å². The van der Waals surface area contributed by atoms with Gasteiger partial charge in [0.25, 0.3) is 5.91 Å². The molecule has 0 bridgehead atoms. The highest BCUT2D eigenvalue weighted by Gasteiger charge is 2.31. The van der Waals surface area contributed by atoms with Gasteiger partial charge in [-0.05, 0) is 56.0 Å². The van der Waals surface area contributed by atoms with E-state index in [2.05, 4.69) is 48.0 Å².